The van der Waals surface area contributed by atoms with E-state index in [2.05, 4.69) is 0 Å². The van der Waals surface area contributed by atoms with Gasteiger partial charge in [0.1, 0.15) is 0 Å². The molecule has 1 saturated carbocycles. The summed E-state index contributed by atoms with van der Waals surface area (Å²) in [5.41, 5.74) is 0. The minimum atomic E-state index is -0.722. The largest absolute Gasteiger partial charge is 0.396 e. The van der Waals surface area contributed by atoms with Crippen LogP contribution in [0.3, 0.4) is 0 Å². The molecule has 0 bridgehead atoms. The zero-order valence-corrected chi connectivity index (χ0v) is 6.07. The third-order valence-corrected chi connectivity index (χ3v) is 2.32. The summed E-state index contributed by atoms with van der Waals surface area (Å²) in [6.45, 7) is 1.85. The van der Waals surface area contributed by atoms with Crippen LogP contribution in [0.15, 0.2) is 0 Å². The average molecular weight is 146 g/mol. The fourth-order valence-electron chi connectivity index (χ4n) is 1.55. The van der Waals surface area contributed by atoms with Crippen LogP contribution in [-0.2, 0) is 0 Å². The van der Waals surface area contributed by atoms with Crippen molar-refractivity contribution in [1.82, 2.24) is 0 Å². The highest BCUT2D eigenvalue weighted by Gasteiger charge is 2.38. The van der Waals surface area contributed by atoms with Crippen LogP contribution in [0.25, 0.3) is 0 Å². The normalized spacial score (nSPS) is 48.0. The standard InChI is InChI=1S/C7H14O3/c1-4-2-5(3-8)7(10)6(4)9/h4-10H,2-3H2,1H3/t4-,5+,6+,7-/m1/s1. The average Bonchev–Trinajstić information content (AvgIpc) is 2.17. The Hall–Kier alpha value is -0.120. The fraction of sp³-hybridized carbons (Fsp3) is 1.00. The van der Waals surface area contributed by atoms with E-state index in [-0.39, 0.29) is 18.4 Å². The van der Waals surface area contributed by atoms with Gasteiger partial charge in [-0.05, 0) is 12.3 Å². The molecule has 3 heteroatoms. The molecule has 1 aliphatic rings. The second kappa shape index (κ2) is 2.86. The first-order chi connectivity index (χ1) is 4.66. The number of rotatable bonds is 1. The van der Waals surface area contributed by atoms with Gasteiger partial charge >= 0.3 is 0 Å². The lowest BCUT2D eigenvalue weighted by molar-refractivity contribution is -0.00366. The van der Waals surface area contributed by atoms with Gasteiger partial charge in [-0.1, -0.05) is 6.92 Å². The summed E-state index contributed by atoms with van der Waals surface area (Å²) in [6.07, 6.45) is -0.643. The predicted octanol–water partition coefficient (Wildman–Crippen LogP) is -0.643. The van der Waals surface area contributed by atoms with E-state index in [1.807, 2.05) is 6.92 Å². The molecule has 0 aromatic heterocycles. The van der Waals surface area contributed by atoms with Gasteiger partial charge in [-0.15, -0.1) is 0 Å². The molecule has 0 radical (unpaired) electrons. The third-order valence-electron chi connectivity index (χ3n) is 2.32. The number of aliphatic hydroxyl groups is 3. The predicted molar refractivity (Wildman–Crippen MR) is 36.4 cm³/mol. The van der Waals surface area contributed by atoms with Gasteiger partial charge in [-0.25, -0.2) is 0 Å². The highest BCUT2D eigenvalue weighted by atomic mass is 16.3. The molecular weight excluding hydrogens is 132 g/mol. The summed E-state index contributed by atoms with van der Waals surface area (Å²) in [6, 6.07) is 0. The molecule has 0 aliphatic heterocycles. The Balaban J connectivity index is 2.53. The molecule has 0 saturated heterocycles. The first kappa shape index (κ1) is 7.98. The maximum atomic E-state index is 9.22. The molecule has 0 aromatic carbocycles. The molecule has 0 heterocycles. The SMILES string of the molecule is C[C@@H]1C[C@@H](CO)[C@@H](O)[C@H]1O. The van der Waals surface area contributed by atoms with Crippen LogP contribution < -0.4 is 0 Å². The molecule has 4 atom stereocenters. The van der Waals surface area contributed by atoms with Crippen LogP contribution in [0.2, 0.25) is 0 Å². The van der Waals surface area contributed by atoms with Crippen molar-refractivity contribution in [3.63, 3.8) is 0 Å². The van der Waals surface area contributed by atoms with Gasteiger partial charge in [0.05, 0.1) is 12.2 Å². The van der Waals surface area contributed by atoms with E-state index >= 15 is 0 Å². The summed E-state index contributed by atoms with van der Waals surface area (Å²) >= 11 is 0. The minimum Gasteiger partial charge on any atom is -0.396 e. The molecule has 3 nitrogen and oxygen atoms in total. The van der Waals surface area contributed by atoms with Crippen molar-refractivity contribution in [3.05, 3.63) is 0 Å². The maximum absolute atomic E-state index is 9.22. The molecule has 1 aliphatic carbocycles. The monoisotopic (exact) mass is 146 g/mol. The van der Waals surface area contributed by atoms with Gasteiger partial charge in [0.15, 0.2) is 0 Å². The third kappa shape index (κ3) is 1.17. The topological polar surface area (TPSA) is 60.7 Å². The fourth-order valence-corrected chi connectivity index (χ4v) is 1.55. The van der Waals surface area contributed by atoms with Gasteiger partial charge in [-0.2, -0.15) is 0 Å². The molecule has 10 heavy (non-hydrogen) atoms. The highest BCUT2D eigenvalue weighted by Crippen LogP contribution is 2.30. The Labute approximate surface area is 60.3 Å². The van der Waals surface area contributed by atoms with Crippen LogP contribution in [0.4, 0.5) is 0 Å². The number of aliphatic hydroxyl groups excluding tert-OH is 3. The smallest absolute Gasteiger partial charge is 0.0851 e. The Morgan fingerprint density at radius 1 is 1.30 bits per heavy atom. The van der Waals surface area contributed by atoms with E-state index in [1.165, 1.54) is 0 Å². The summed E-state index contributed by atoms with van der Waals surface area (Å²) in [5, 5.41) is 27.1. The van der Waals surface area contributed by atoms with Gasteiger partial charge < -0.3 is 15.3 Å². The number of hydrogen-bond acceptors (Lipinski definition) is 3. The van der Waals surface area contributed by atoms with E-state index in [4.69, 9.17) is 5.11 Å². The van der Waals surface area contributed by atoms with E-state index < -0.39 is 12.2 Å². The second-order valence-electron chi connectivity index (χ2n) is 3.14. The molecule has 3 N–H and O–H groups in total. The number of hydrogen-bond donors (Lipinski definition) is 3. The Kier molecular flexibility index (Phi) is 2.28. The lowest BCUT2D eigenvalue weighted by atomic mass is 10.1. The van der Waals surface area contributed by atoms with Crippen LogP contribution in [-0.4, -0.2) is 34.1 Å². The first-order valence-corrected chi connectivity index (χ1v) is 3.63. The van der Waals surface area contributed by atoms with Gasteiger partial charge in [0.25, 0.3) is 0 Å². The maximum Gasteiger partial charge on any atom is 0.0851 e. The molecule has 0 amide bonds. The Morgan fingerprint density at radius 3 is 2.10 bits per heavy atom. The lowest BCUT2D eigenvalue weighted by Gasteiger charge is -2.13. The summed E-state index contributed by atoms with van der Waals surface area (Å²) in [5.74, 6) is -0.00264. The quantitative estimate of drug-likeness (QED) is 0.461. The Morgan fingerprint density at radius 2 is 1.90 bits per heavy atom. The molecular formula is C7H14O3. The van der Waals surface area contributed by atoms with Crippen molar-refractivity contribution in [2.75, 3.05) is 6.61 Å². The van der Waals surface area contributed by atoms with E-state index in [0.29, 0.717) is 0 Å². The zero-order chi connectivity index (χ0) is 7.72. The second-order valence-corrected chi connectivity index (χ2v) is 3.14. The van der Waals surface area contributed by atoms with Gasteiger partial charge in [0, 0.05) is 12.5 Å². The molecule has 1 rings (SSSR count). The molecule has 1 fully saturated rings. The van der Waals surface area contributed by atoms with E-state index in [1.54, 1.807) is 0 Å². The Bertz CT molecular complexity index is 115. The van der Waals surface area contributed by atoms with Crippen LogP contribution >= 0.6 is 0 Å². The van der Waals surface area contributed by atoms with Crippen LogP contribution in [0.5, 0.6) is 0 Å². The van der Waals surface area contributed by atoms with Crippen molar-refractivity contribution in [2.45, 2.75) is 25.6 Å². The zero-order valence-electron chi connectivity index (χ0n) is 6.07. The van der Waals surface area contributed by atoms with E-state index in [9.17, 15) is 10.2 Å². The lowest BCUT2D eigenvalue weighted by Crippen LogP contribution is -2.28. The highest BCUT2D eigenvalue weighted by molar-refractivity contribution is 4.88. The van der Waals surface area contributed by atoms with Crippen molar-refractivity contribution >= 4 is 0 Å². The molecule has 60 valence electrons. The van der Waals surface area contributed by atoms with Gasteiger partial charge in [-0.3, -0.25) is 0 Å². The molecule has 0 aromatic rings. The van der Waals surface area contributed by atoms with Crippen molar-refractivity contribution < 1.29 is 15.3 Å². The summed E-state index contributed by atoms with van der Waals surface area (Å²) in [4.78, 5) is 0. The van der Waals surface area contributed by atoms with Crippen molar-refractivity contribution in [2.24, 2.45) is 11.8 Å². The first-order valence-electron chi connectivity index (χ1n) is 3.63. The van der Waals surface area contributed by atoms with Crippen LogP contribution in [0, 0.1) is 11.8 Å². The summed E-state index contributed by atoms with van der Waals surface area (Å²) < 4.78 is 0. The minimum absolute atomic E-state index is 0.0252. The molecule has 0 spiro atoms. The molecule has 0 unspecified atom stereocenters. The van der Waals surface area contributed by atoms with Crippen molar-refractivity contribution in [3.8, 4) is 0 Å². The van der Waals surface area contributed by atoms with E-state index in [0.717, 1.165) is 6.42 Å². The van der Waals surface area contributed by atoms with Crippen molar-refractivity contribution in [1.29, 1.82) is 0 Å². The van der Waals surface area contributed by atoms with Crippen LogP contribution in [0.1, 0.15) is 13.3 Å². The summed E-state index contributed by atoms with van der Waals surface area (Å²) in [7, 11) is 0. The van der Waals surface area contributed by atoms with Gasteiger partial charge in [0.2, 0.25) is 0 Å².